The van der Waals surface area contributed by atoms with Crippen LogP contribution in [0.3, 0.4) is 0 Å². The first-order chi connectivity index (χ1) is 11.8. The van der Waals surface area contributed by atoms with Crippen LogP contribution in [0.25, 0.3) is 33.0 Å². The third-order valence-electron chi connectivity index (χ3n) is 4.20. The van der Waals surface area contributed by atoms with E-state index in [2.05, 4.69) is 4.98 Å². The molecule has 0 radical (unpaired) electrons. The van der Waals surface area contributed by atoms with Gasteiger partial charge in [-0.1, -0.05) is 30.3 Å². The van der Waals surface area contributed by atoms with Crippen LogP contribution in [0.2, 0.25) is 0 Å². The Hall–Kier alpha value is -3.34. The number of pyridine rings is 1. The number of nitrogens with zero attached hydrogens (tertiary/aromatic N) is 1. The van der Waals surface area contributed by atoms with Crippen molar-refractivity contribution < 1.29 is 13.9 Å². The van der Waals surface area contributed by atoms with E-state index in [1.54, 1.807) is 12.3 Å². The minimum atomic E-state index is -0.112. The summed E-state index contributed by atoms with van der Waals surface area (Å²) in [6.07, 6.45) is 3.01. The largest absolute Gasteiger partial charge is 0.463 e. The summed E-state index contributed by atoms with van der Waals surface area (Å²) < 4.78 is 16.3. The van der Waals surface area contributed by atoms with Gasteiger partial charge in [0, 0.05) is 6.07 Å². The van der Waals surface area contributed by atoms with Crippen molar-refractivity contribution >= 4 is 21.7 Å². The van der Waals surface area contributed by atoms with Crippen molar-refractivity contribution in [1.29, 1.82) is 0 Å². The van der Waals surface area contributed by atoms with Gasteiger partial charge in [0.15, 0.2) is 11.5 Å². The zero-order chi connectivity index (χ0) is 16.1. The molecule has 0 fully saturated rings. The summed E-state index contributed by atoms with van der Waals surface area (Å²) >= 11 is 0. The number of hydrogen-bond acceptors (Lipinski definition) is 5. The van der Waals surface area contributed by atoms with Gasteiger partial charge in [-0.05, 0) is 16.8 Å². The van der Waals surface area contributed by atoms with Crippen LogP contribution in [0.1, 0.15) is 0 Å². The molecule has 24 heavy (non-hydrogen) atoms. The fourth-order valence-corrected chi connectivity index (χ4v) is 3.02. The molecule has 0 atom stereocenters. The molecule has 0 N–H and O–H groups in total. The van der Waals surface area contributed by atoms with E-state index in [9.17, 15) is 4.79 Å². The second-order valence-corrected chi connectivity index (χ2v) is 5.56. The lowest BCUT2D eigenvalue weighted by Gasteiger charge is -2.06. The SMILES string of the molecule is O=c1c(-c2cc3c(cn2)OCO3)coc2ccc3ccccc3c12. The Morgan fingerprint density at radius 3 is 2.83 bits per heavy atom. The Morgan fingerprint density at radius 2 is 1.88 bits per heavy atom. The molecule has 0 bridgehead atoms. The lowest BCUT2D eigenvalue weighted by molar-refractivity contribution is 0.174. The molecular weight excluding hydrogens is 306 g/mol. The van der Waals surface area contributed by atoms with Crippen molar-refractivity contribution in [2.75, 3.05) is 6.79 Å². The maximum Gasteiger partial charge on any atom is 0.231 e. The Bertz CT molecular complexity index is 1160. The molecule has 0 aliphatic carbocycles. The van der Waals surface area contributed by atoms with Crippen molar-refractivity contribution in [2.45, 2.75) is 0 Å². The second-order valence-electron chi connectivity index (χ2n) is 5.56. The molecule has 0 spiro atoms. The van der Waals surface area contributed by atoms with Gasteiger partial charge in [-0.15, -0.1) is 0 Å². The van der Waals surface area contributed by atoms with Crippen LogP contribution in [0.4, 0.5) is 0 Å². The molecule has 2 aromatic heterocycles. The molecule has 5 heteroatoms. The highest BCUT2D eigenvalue weighted by molar-refractivity contribution is 6.06. The normalized spacial score (nSPS) is 12.8. The molecule has 0 unspecified atom stereocenters. The van der Waals surface area contributed by atoms with Crippen LogP contribution < -0.4 is 14.9 Å². The van der Waals surface area contributed by atoms with E-state index >= 15 is 0 Å². The first kappa shape index (κ1) is 13.1. The molecule has 0 saturated heterocycles. The van der Waals surface area contributed by atoms with Gasteiger partial charge in [0.05, 0.1) is 22.8 Å². The first-order valence-corrected chi connectivity index (χ1v) is 7.50. The summed E-state index contributed by atoms with van der Waals surface area (Å²) in [5, 5.41) is 2.42. The minimum Gasteiger partial charge on any atom is -0.463 e. The van der Waals surface area contributed by atoms with Gasteiger partial charge in [-0.3, -0.25) is 9.78 Å². The van der Waals surface area contributed by atoms with Gasteiger partial charge < -0.3 is 13.9 Å². The topological polar surface area (TPSA) is 61.6 Å². The van der Waals surface area contributed by atoms with Crippen LogP contribution in [0.5, 0.6) is 11.5 Å². The fraction of sp³-hybridized carbons (Fsp3) is 0.0526. The molecule has 0 saturated carbocycles. The molecule has 1 aliphatic rings. The van der Waals surface area contributed by atoms with Gasteiger partial charge in [0.1, 0.15) is 11.8 Å². The van der Waals surface area contributed by atoms with Gasteiger partial charge in [0.25, 0.3) is 0 Å². The lowest BCUT2D eigenvalue weighted by Crippen LogP contribution is -2.06. The quantitative estimate of drug-likeness (QED) is 0.501. The number of hydrogen-bond donors (Lipinski definition) is 0. The van der Waals surface area contributed by atoms with Crippen molar-refractivity contribution in [1.82, 2.24) is 4.98 Å². The molecule has 5 nitrogen and oxygen atoms in total. The average Bonchev–Trinajstić information content (AvgIpc) is 3.09. The van der Waals surface area contributed by atoms with Crippen LogP contribution in [-0.4, -0.2) is 11.8 Å². The summed E-state index contributed by atoms with van der Waals surface area (Å²) in [6.45, 7) is 0.164. The lowest BCUT2D eigenvalue weighted by atomic mass is 10.0. The Kier molecular flexibility index (Phi) is 2.64. The van der Waals surface area contributed by atoms with Crippen molar-refractivity contribution in [3.63, 3.8) is 0 Å². The maximum atomic E-state index is 13.1. The van der Waals surface area contributed by atoms with Crippen LogP contribution >= 0.6 is 0 Å². The second kappa shape index (κ2) is 4.83. The van der Waals surface area contributed by atoms with Crippen LogP contribution in [0, 0.1) is 0 Å². The summed E-state index contributed by atoms with van der Waals surface area (Å²) in [6, 6.07) is 13.2. The summed E-state index contributed by atoms with van der Waals surface area (Å²) in [4.78, 5) is 17.4. The number of aromatic nitrogens is 1. The standard InChI is InChI=1S/C19H11NO4/c21-19-13(14-7-16-17(8-20-14)24-10-23-16)9-22-15-6-5-11-3-1-2-4-12(11)18(15)19/h1-9H,10H2. The molecule has 2 aromatic carbocycles. The molecular formula is C19H11NO4. The monoisotopic (exact) mass is 317 g/mol. The first-order valence-electron chi connectivity index (χ1n) is 7.50. The van der Waals surface area contributed by atoms with Crippen molar-refractivity contribution in [3.8, 4) is 22.8 Å². The highest BCUT2D eigenvalue weighted by Gasteiger charge is 2.18. The Labute approximate surface area is 136 Å². The van der Waals surface area contributed by atoms with Gasteiger partial charge in [0.2, 0.25) is 12.2 Å². The number of ether oxygens (including phenoxy) is 2. The van der Waals surface area contributed by atoms with E-state index < -0.39 is 0 Å². The Morgan fingerprint density at radius 1 is 1.00 bits per heavy atom. The minimum absolute atomic E-state index is 0.112. The summed E-state index contributed by atoms with van der Waals surface area (Å²) in [5.74, 6) is 1.16. The number of rotatable bonds is 1. The predicted octanol–water partition coefficient (Wildman–Crippen LogP) is 3.74. The summed E-state index contributed by atoms with van der Waals surface area (Å²) in [7, 11) is 0. The molecule has 3 heterocycles. The molecule has 5 rings (SSSR count). The van der Waals surface area contributed by atoms with E-state index in [1.807, 2.05) is 36.4 Å². The van der Waals surface area contributed by atoms with Crippen LogP contribution in [-0.2, 0) is 0 Å². The zero-order valence-electron chi connectivity index (χ0n) is 12.5. The smallest absolute Gasteiger partial charge is 0.231 e. The van der Waals surface area contributed by atoms with Crippen molar-refractivity contribution in [3.05, 3.63) is 65.1 Å². The molecule has 0 amide bonds. The van der Waals surface area contributed by atoms with E-state index in [0.717, 1.165) is 10.8 Å². The average molecular weight is 317 g/mol. The van der Waals surface area contributed by atoms with Gasteiger partial charge in [-0.25, -0.2) is 0 Å². The van der Waals surface area contributed by atoms with E-state index in [4.69, 9.17) is 13.9 Å². The van der Waals surface area contributed by atoms with Crippen LogP contribution in [0.15, 0.2) is 64.1 Å². The fourth-order valence-electron chi connectivity index (χ4n) is 3.02. The zero-order valence-corrected chi connectivity index (χ0v) is 12.5. The van der Waals surface area contributed by atoms with E-state index in [0.29, 0.717) is 33.7 Å². The molecule has 116 valence electrons. The third-order valence-corrected chi connectivity index (χ3v) is 4.20. The molecule has 1 aliphatic heterocycles. The third kappa shape index (κ3) is 1.81. The predicted molar refractivity (Wildman–Crippen MR) is 89.3 cm³/mol. The van der Waals surface area contributed by atoms with Crippen molar-refractivity contribution in [2.24, 2.45) is 0 Å². The maximum absolute atomic E-state index is 13.1. The van der Waals surface area contributed by atoms with E-state index in [-0.39, 0.29) is 12.2 Å². The Balaban J connectivity index is 1.82. The molecule has 4 aromatic rings. The highest BCUT2D eigenvalue weighted by Crippen LogP contribution is 2.34. The van der Waals surface area contributed by atoms with Gasteiger partial charge in [-0.2, -0.15) is 0 Å². The highest BCUT2D eigenvalue weighted by atomic mass is 16.7. The number of fused-ring (bicyclic) bond motifs is 4. The van der Waals surface area contributed by atoms with Gasteiger partial charge >= 0.3 is 0 Å². The van der Waals surface area contributed by atoms with E-state index in [1.165, 1.54) is 6.26 Å². The number of benzene rings is 2. The summed E-state index contributed by atoms with van der Waals surface area (Å²) in [5.41, 5.74) is 1.35.